The molecule has 2 saturated carbocycles. The summed E-state index contributed by atoms with van der Waals surface area (Å²) in [5.74, 6) is -2.22. The van der Waals surface area contributed by atoms with Crippen molar-refractivity contribution in [2.45, 2.75) is 63.0 Å². The molecule has 0 saturated heterocycles. The molecule has 2 aliphatic rings. The highest BCUT2D eigenvalue weighted by atomic mass is 19.4. The van der Waals surface area contributed by atoms with Crippen LogP contribution in [0.1, 0.15) is 38.5 Å². The Morgan fingerprint density at radius 3 is 2.23 bits per heavy atom. The van der Waals surface area contributed by atoms with Gasteiger partial charge in [0, 0.05) is 17.8 Å². The lowest BCUT2D eigenvalue weighted by molar-refractivity contribution is -0.536. The SMILES string of the molecule is [C-]#[N+]C1CCC(C2CCC(F)C([N+](=O)[O-])C2)CC1C(F)(F)F. The summed E-state index contributed by atoms with van der Waals surface area (Å²) in [6, 6.07) is -2.36. The molecule has 0 N–H and O–H groups in total. The molecule has 6 atom stereocenters. The first-order valence-electron chi connectivity index (χ1n) is 7.44. The zero-order valence-electron chi connectivity index (χ0n) is 11.9. The number of alkyl halides is 4. The normalized spacial score (nSPS) is 40.0. The van der Waals surface area contributed by atoms with E-state index in [2.05, 4.69) is 4.85 Å². The summed E-state index contributed by atoms with van der Waals surface area (Å²) < 4.78 is 52.8. The molecule has 0 amide bonds. The first-order valence-corrected chi connectivity index (χ1v) is 7.44. The second kappa shape index (κ2) is 6.39. The zero-order chi connectivity index (χ0) is 16.5. The quantitative estimate of drug-likeness (QED) is 0.333. The van der Waals surface area contributed by atoms with Gasteiger partial charge in [-0.25, -0.2) is 11.0 Å². The molecular weight excluding hydrogens is 304 g/mol. The topological polar surface area (TPSA) is 47.5 Å². The number of nitro groups is 1. The minimum atomic E-state index is -4.42. The maximum Gasteiger partial charge on any atom is 0.399 e. The van der Waals surface area contributed by atoms with Crippen LogP contribution in [-0.4, -0.2) is 29.4 Å². The Kier molecular flexibility index (Phi) is 4.93. The highest BCUT2D eigenvalue weighted by molar-refractivity contribution is 4.97. The molecule has 22 heavy (non-hydrogen) atoms. The Labute approximate surface area is 125 Å². The van der Waals surface area contributed by atoms with E-state index in [-0.39, 0.29) is 37.5 Å². The maximum atomic E-state index is 13.6. The molecule has 0 radical (unpaired) electrons. The van der Waals surface area contributed by atoms with Crippen molar-refractivity contribution >= 4 is 0 Å². The van der Waals surface area contributed by atoms with E-state index >= 15 is 0 Å². The Morgan fingerprint density at radius 1 is 1.09 bits per heavy atom. The summed E-state index contributed by atoms with van der Waals surface area (Å²) in [6.45, 7) is 6.92. The van der Waals surface area contributed by atoms with E-state index in [1.807, 2.05) is 0 Å². The molecule has 0 aromatic rings. The average molecular weight is 322 g/mol. The van der Waals surface area contributed by atoms with Gasteiger partial charge in [0.15, 0.2) is 6.17 Å². The lowest BCUT2D eigenvalue weighted by Crippen LogP contribution is -2.43. The van der Waals surface area contributed by atoms with Gasteiger partial charge in [-0.2, -0.15) is 13.2 Å². The predicted octanol–water partition coefficient (Wildman–Crippen LogP) is 4.04. The first kappa shape index (κ1) is 17.0. The van der Waals surface area contributed by atoms with Crippen LogP contribution in [0.3, 0.4) is 0 Å². The third-order valence-corrected chi connectivity index (χ3v) is 5.15. The van der Waals surface area contributed by atoms with Gasteiger partial charge in [0.05, 0.1) is 0 Å². The monoisotopic (exact) mass is 322 g/mol. The van der Waals surface area contributed by atoms with Gasteiger partial charge in [-0.05, 0) is 37.5 Å². The van der Waals surface area contributed by atoms with Crippen LogP contribution in [0.2, 0.25) is 0 Å². The van der Waals surface area contributed by atoms with Crippen molar-refractivity contribution in [2.75, 3.05) is 0 Å². The van der Waals surface area contributed by atoms with Crippen LogP contribution >= 0.6 is 0 Å². The molecule has 2 fully saturated rings. The van der Waals surface area contributed by atoms with Gasteiger partial charge in [-0.3, -0.25) is 10.1 Å². The predicted molar refractivity (Wildman–Crippen MR) is 70.3 cm³/mol. The number of hydrogen-bond donors (Lipinski definition) is 0. The van der Waals surface area contributed by atoms with E-state index in [0.717, 1.165) is 0 Å². The van der Waals surface area contributed by atoms with Crippen molar-refractivity contribution in [3.63, 3.8) is 0 Å². The summed E-state index contributed by atoms with van der Waals surface area (Å²) in [5, 5.41) is 10.9. The molecule has 0 bridgehead atoms. The fraction of sp³-hybridized carbons (Fsp3) is 0.929. The van der Waals surface area contributed by atoms with Crippen molar-refractivity contribution in [3.8, 4) is 0 Å². The Bertz CT molecular complexity index is 463. The fourth-order valence-corrected chi connectivity index (χ4v) is 3.91. The summed E-state index contributed by atoms with van der Waals surface area (Å²) in [6.07, 6.45) is -5.03. The van der Waals surface area contributed by atoms with E-state index in [4.69, 9.17) is 6.57 Å². The van der Waals surface area contributed by atoms with Crippen LogP contribution < -0.4 is 0 Å². The molecule has 6 unspecified atom stereocenters. The highest BCUT2D eigenvalue weighted by Crippen LogP contribution is 2.47. The molecule has 124 valence electrons. The number of halogens is 4. The second-order valence-corrected chi connectivity index (χ2v) is 6.36. The third kappa shape index (κ3) is 3.50. The van der Waals surface area contributed by atoms with Gasteiger partial charge in [-0.15, -0.1) is 0 Å². The van der Waals surface area contributed by atoms with Crippen LogP contribution in [0.15, 0.2) is 0 Å². The van der Waals surface area contributed by atoms with Crippen LogP contribution in [0.25, 0.3) is 4.85 Å². The van der Waals surface area contributed by atoms with Crippen LogP contribution in [-0.2, 0) is 0 Å². The zero-order valence-corrected chi connectivity index (χ0v) is 11.9. The van der Waals surface area contributed by atoms with Gasteiger partial charge in [0.25, 0.3) is 0 Å². The molecule has 0 heterocycles. The number of hydrogen-bond acceptors (Lipinski definition) is 2. The molecular formula is C14H18F4N2O2. The molecule has 0 spiro atoms. The number of nitrogens with zero attached hydrogens (tertiary/aromatic N) is 2. The third-order valence-electron chi connectivity index (χ3n) is 5.15. The van der Waals surface area contributed by atoms with Crippen molar-refractivity contribution < 1.29 is 22.5 Å². The standard InChI is InChI=1S/C14H18F4N2O2/c1-19-12-5-3-8(6-10(12)14(16,17)18)9-2-4-11(15)13(7-9)20(21)22/h8-13H,2-7H2. The lowest BCUT2D eigenvalue weighted by Gasteiger charge is -2.38. The van der Waals surface area contributed by atoms with Crippen molar-refractivity contribution in [2.24, 2.45) is 17.8 Å². The lowest BCUT2D eigenvalue weighted by atomic mass is 9.67. The van der Waals surface area contributed by atoms with E-state index in [1.54, 1.807) is 0 Å². The highest BCUT2D eigenvalue weighted by Gasteiger charge is 2.53. The minimum Gasteiger partial charge on any atom is -0.313 e. The van der Waals surface area contributed by atoms with E-state index in [9.17, 15) is 27.7 Å². The molecule has 0 aromatic carbocycles. The van der Waals surface area contributed by atoms with E-state index in [1.165, 1.54) is 0 Å². The maximum absolute atomic E-state index is 13.6. The molecule has 8 heteroatoms. The van der Waals surface area contributed by atoms with Crippen molar-refractivity contribution in [3.05, 3.63) is 21.5 Å². The van der Waals surface area contributed by atoms with Crippen molar-refractivity contribution in [1.82, 2.24) is 0 Å². The Hall–Kier alpha value is -1.39. The van der Waals surface area contributed by atoms with Crippen molar-refractivity contribution in [1.29, 1.82) is 0 Å². The largest absolute Gasteiger partial charge is 0.399 e. The summed E-state index contributed by atoms with van der Waals surface area (Å²) >= 11 is 0. The van der Waals surface area contributed by atoms with E-state index in [0.29, 0.717) is 12.8 Å². The van der Waals surface area contributed by atoms with Gasteiger partial charge in [0.2, 0.25) is 12.1 Å². The fourth-order valence-electron chi connectivity index (χ4n) is 3.91. The van der Waals surface area contributed by atoms with Crippen LogP contribution in [0.4, 0.5) is 17.6 Å². The number of rotatable bonds is 2. The molecule has 2 aliphatic carbocycles. The van der Waals surface area contributed by atoms with Gasteiger partial charge in [0.1, 0.15) is 5.92 Å². The summed E-state index contributed by atoms with van der Waals surface area (Å²) in [4.78, 5) is 13.3. The van der Waals surface area contributed by atoms with Crippen LogP contribution in [0.5, 0.6) is 0 Å². The van der Waals surface area contributed by atoms with Gasteiger partial charge >= 0.3 is 6.18 Å². The molecule has 4 nitrogen and oxygen atoms in total. The average Bonchev–Trinajstić information content (AvgIpc) is 2.46. The van der Waals surface area contributed by atoms with Gasteiger partial charge < -0.3 is 4.85 Å². The Morgan fingerprint density at radius 2 is 1.68 bits per heavy atom. The summed E-state index contributed by atoms with van der Waals surface area (Å²) in [5.41, 5.74) is 0. The minimum absolute atomic E-state index is 0.00605. The summed E-state index contributed by atoms with van der Waals surface area (Å²) in [7, 11) is 0. The van der Waals surface area contributed by atoms with Gasteiger partial charge in [-0.1, -0.05) is 0 Å². The van der Waals surface area contributed by atoms with E-state index < -0.39 is 35.3 Å². The Balaban J connectivity index is 2.07. The van der Waals surface area contributed by atoms with Crippen LogP contribution in [0, 0.1) is 34.4 Å². The molecule has 0 aliphatic heterocycles. The molecule has 2 rings (SSSR count). The smallest absolute Gasteiger partial charge is 0.313 e. The molecule has 0 aromatic heterocycles. The first-order chi connectivity index (χ1) is 10.2. The second-order valence-electron chi connectivity index (χ2n) is 6.36.